The fourth-order valence-electron chi connectivity index (χ4n) is 3.79. The van der Waals surface area contributed by atoms with Gasteiger partial charge in [0.25, 0.3) is 5.91 Å². The maximum Gasteiger partial charge on any atom is 0.410 e. The first-order valence-electron chi connectivity index (χ1n) is 11.9. The quantitative estimate of drug-likeness (QED) is 0.613. The Morgan fingerprint density at radius 1 is 1.15 bits per heavy atom. The van der Waals surface area contributed by atoms with Crippen molar-refractivity contribution < 1.29 is 19.1 Å². The van der Waals surface area contributed by atoms with Gasteiger partial charge in [0.1, 0.15) is 11.4 Å². The van der Waals surface area contributed by atoms with Crippen LogP contribution in [0, 0.1) is 13.8 Å². The molecule has 186 valence electrons. The monoisotopic (exact) mass is 471 g/mol. The van der Waals surface area contributed by atoms with Gasteiger partial charge in [0.2, 0.25) is 0 Å². The van der Waals surface area contributed by atoms with Crippen LogP contribution in [-0.2, 0) is 17.8 Å². The summed E-state index contributed by atoms with van der Waals surface area (Å²) in [6, 6.07) is 7.13. The lowest BCUT2D eigenvalue weighted by atomic mass is 10.2. The number of fused-ring (bicyclic) bond motifs is 4. The molecule has 9 heteroatoms. The van der Waals surface area contributed by atoms with Gasteiger partial charge in [0.05, 0.1) is 12.3 Å². The van der Waals surface area contributed by atoms with Crippen molar-refractivity contribution in [2.24, 2.45) is 0 Å². The number of carbonyl (C=O) groups excluding carboxylic acids is 2. The van der Waals surface area contributed by atoms with E-state index in [0.717, 1.165) is 24.4 Å². The number of aromatic nitrogens is 2. The van der Waals surface area contributed by atoms with E-state index in [4.69, 9.17) is 9.47 Å². The standard InChI is InChI=1S/C25H37N5O4/c1-18-22-17-26-10-13-29(24(32)34-25(3,4)5)14-11-27-23(31)20-8-6-9-21(16-20)33-15-7-12-30(28-18)19(22)2/h6,8-9,16,26H,7,10-15,17H2,1-5H3,(H,27,31). The van der Waals surface area contributed by atoms with Crippen molar-refractivity contribution in [3.63, 3.8) is 0 Å². The first-order chi connectivity index (χ1) is 16.1. The molecule has 1 aromatic carbocycles. The molecule has 2 aromatic rings. The molecule has 9 nitrogen and oxygen atoms in total. The van der Waals surface area contributed by atoms with Gasteiger partial charge in [-0.15, -0.1) is 0 Å². The van der Waals surface area contributed by atoms with Crippen LogP contribution in [0.5, 0.6) is 5.75 Å². The third-order valence-electron chi connectivity index (χ3n) is 5.59. The van der Waals surface area contributed by atoms with Gasteiger partial charge in [-0.25, -0.2) is 4.79 Å². The third kappa shape index (κ3) is 7.21. The molecule has 3 rings (SSSR count). The first-order valence-corrected chi connectivity index (χ1v) is 11.9. The lowest BCUT2D eigenvalue weighted by Gasteiger charge is -2.27. The van der Waals surface area contributed by atoms with E-state index in [2.05, 4.69) is 22.7 Å². The second-order valence-corrected chi connectivity index (χ2v) is 9.50. The topological polar surface area (TPSA) is 97.7 Å². The van der Waals surface area contributed by atoms with Crippen LogP contribution >= 0.6 is 0 Å². The number of benzene rings is 1. The Bertz CT molecular complexity index is 996. The summed E-state index contributed by atoms with van der Waals surface area (Å²) in [5, 5.41) is 11.0. The van der Waals surface area contributed by atoms with E-state index in [9.17, 15) is 9.59 Å². The molecule has 1 aliphatic rings. The van der Waals surface area contributed by atoms with Crippen molar-refractivity contribution in [3.8, 4) is 5.75 Å². The summed E-state index contributed by atoms with van der Waals surface area (Å²) in [7, 11) is 0. The lowest BCUT2D eigenvalue weighted by molar-refractivity contribution is 0.0252. The van der Waals surface area contributed by atoms with Gasteiger partial charge < -0.3 is 25.0 Å². The second kappa shape index (κ2) is 11.4. The zero-order valence-electron chi connectivity index (χ0n) is 20.9. The Kier molecular flexibility index (Phi) is 8.55. The number of hydrogen-bond acceptors (Lipinski definition) is 6. The highest BCUT2D eigenvalue weighted by atomic mass is 16.6. The largest absolute Gasteiger partial charge is 0.494 e. The Balaban J connectivity index is 1.77. The Labute approximate surface area is 201 Å². The number of hydrogen-bond donors (Lipinski definition) is 2. The average Bonchev–Trinajstić information content (AvgIpc) is 3.03. The molecule has 0 unspecified atom stereocenters. The van der Waals surface area contributed by atoms with Crippen LogP contribution in [0.25, 0.3) is 0 Å². The molecule has 0 spiro atoms. The molecule has 1 aromatic heterocycles. The Morgan fingerprint density at radius 3 is 2.68 bits per heavy atom. The van der Waals surface area contributed by atoms with E-state index in [1.165, 1.54) is 5.56 Å². The number of amides is 2. The molecule has 2 heterocycles. The molecule has 0 saturated carbocycles. The van der Waals surface area contributed by atoms with Gasteiger partial charge in [-0.1, -0.05) is 6.07 Å². The van der Waals surface area contributed by atoms with E-state index >= 15 is 0 Å². The summed E-state index contributed by atoms with van der Waals surface area (Å²) in [5.74, 6) is 0.444. The zero-order valence-corrected chi connectivity index (χ0v) is 20.9. The predicted octanol–water partition coefficient (Wildman–Crippen LogP) is 3.04. The van der Waals surface area contributed by atoms with Gasteiger partial charge in [-0.05, 0) is 52.8 Å². The average molecular weight is 472 g/mol. The third-order valence-corrected chi connectivity index (χ3v) is 5.59. The molecule has 2 N–H and O–H groups in total. The predicted molar refractivity (Wildman–Crippen MR) is 130 cm³/mol. The van der Waals surface area contributed by atoms with Crippen LogP contribution in [0.3, 0.4) is 0 Å². The van der Waals surface area contributed by atoms with Gasteiger partial charge in [-0.3, -0.25) is 9.48 Å². The van der Waals surface area contributed by atoms with Crippen LogP contribution in [0.4, 0.5) is 4.79 Å². The molecular formula is C25H37N5O4. The smallest absolute Gasteiger partial charge is 0.410 e. The number of nitrogens with zero attached hydrogens (tertiary/aromatic N) is 3. The van der Waals surface area contributed by atoms with Crippen molar-refractivity contribution in [3.05, 3.63) is 46.8 Å². The van der Waals surface area contributed by atoms with E-state index in [1.54, 1.807) is 23.1 Å². The normalized spacial score (nSPS) is 16.5. The summed E-state index contributed by atoms with van der Waals surface area (Å²) in [5.41, 5.74) is 3.22. The summed E-state index contributed by atoms with van der Waals surface area (Å²) in [4.78, 5) is 27.0. The lowest BCUT2D eigenvalue weighted by Crippen LogP contribution is -2.44. The van der Waals surface area contributed by atoms with Crippen molar-refractivity contribution >= 4 is 12.0 Å². The van der Waals surface area contributed by atoms with Crippen molar-refractivity contribution in [2.75, 3.05) is 32.8 Å². The zero-order chi connectivity index (χ0) is 24.7. The number of rotatable bonds is 0. The molecule has 4 bridgehead atoms. The molecule has 0 radical (unpaired) electrons. The summed E-state index contributed by atoms with van der Waals surface area (Å²) >= 11 is 0. The molecule has 0 fully saturated rings. The summed E-state index contributed by atoms with van der Waals surface area (Å²) in [6.45, 7) is 13.3. The number of carbonyl (C=O) groups is 2. The molecule has 1 aliphatic heterocycles. The van der Waals surface area contributed by atoms with Gasteiger partial charge in [0.15, 0.2) is 0 Å². The Hall–Kier alpha value is -3.07. The maximum atomic E-state index is 12.7. The summed E-state index contributed by atoms with van der Waals surface area (Å²) in [6.07, 6.45) is 0.404. The molecule has 0 saturated heterocycles. The number of aryl methyl sites for hydroxylation is 2. The van der Waals surface area contributed by atoms with Gasteiger partial charge in [-0.2, -0.15) is 5.10 Å². The van der Waals surface area contributed by atoms with Crippen molar-refractivity contribution in [2.45, 2.75) is 59.7 Å². The van der Waals surface area contributed by atoms with Crippen molar-refractivity contribution in [1.82, 2.24) is 25.3 Å². The SMILES string of the molecule is Cc1nn2c(C)c1CNCCN(C(=O)OC(C)(C)C)CCNC(=O)c1cccc(c1)OCCC2. The van der Waals surface area contributed by atoms with E-state index < -0.39 is 11.7 Å². The molecule has 0 aliphatic carbocycles. The molecule has 0 atom stereocenters. The maximum absolute atomic E-state index is 12.7. The number of nitrogens with one attached hydrogen (secondary N) is 2. The summed E-state index contributed by atoms with van der Waals surface area (Å²) < 4.78 is 13.5. The molecule has 34 heavy (non-hydrogen) atoms. The van der Waals surface area contributed by atoms with Crippen LogP contribution in [0.2, 0.25) is 0 Å². The minimum atomic E-state index is -0.596. The van der Waals surface area contributed by atoms with Crippen LogP contribution < -0.4 is 15.4 Å². The highest BCUT2D eigenvalue weighted by molar-refractivity contribution is 5.94. The van der Waals surface area contributed by atoms with E-state index in [1.807, 2.05) is 38.4 Å². The highest BCUT2D eigenvalue weighted by Gasteiger charge is 2.22. The minimum absolute atomic E-state index is 0.208. The highest BCUT2D eigenvalue weighted by Crippen LogP contribution is 2.16. The Morgan fingerprint density at radius 2 is 1.91 bits per heavy atom. The number of ether oxygens (including phenoxy) is 2. The van der Waals surface area contributed by atoms with Crippen LogP contribution in [0.15, 0.2) is 24.3 Å². The molecular weight excluding hydrogens is 434 g/mol. The first kappa shape index (κ1) is 25.6. The van der Waals surface area contributed by atoms with Crippen LogP contribution in [-0.4, -0.2) is 65.1 Å². The molecule has 2 amide bonds. The van der Waals surface area contributed by atoms with E-state index in [-0.39, 0.29) is 5.91 Å². The van der Waals surface area contributed by atoms with E-state index in [0.29, 0.717) is 50.6 Å². The second-order valence-electron chi connectivity index (χ2n) is 9.50. The fraction of sp³-hybridized carbons (Fsp3) is 0.560. The fourth-order valence-corrected chi connectivity index (χ4v) is 3.79. The minimum Gasteiger partial charge on any atom is -0.494 e. The van der Waals surface area contributed by atoms with Crippen molar-refractivity contribution in [1.29, 1.82) is 0 Å². The van der Waals surface area contributed by atoms with Gasteiger partial charge >= 0.3 is 6.09 Å². The van der Waals surface area contributed by atoms with Gasteiger partial charge in [0, 0.05) is 62.5 Å². The van der Waals surface area contributed by atoms with Crippen LogP contribution in [0.1, 0.15) is 54.5 Å².